The van der Waals surface area contributed by atoms with Crippen LogP contribution >= 0.6 is 0 Å². The first-order valence-corrected chi connectivity index (χ1v) is 14.2. The number of fused-ring (bicyclic) bond motifs is 1. The molecule has 9 rings (SSSR count). The molecule has 0 radical (unpaired) electrons. The van der Waals surface area contributed by atoms with E-state index in [1.165, 1.54) is 0 Å². The monoisotopic (exact) mass is 517 g/mol. The molecule has 0 aromatic heterocycles. The van der Waals surface area contributed by atoms with E-state index in [0.717, 1.165) is 24.8 Å². The van der Waals surface area contributed by atoms with Crippen LogP contribution < -0.4 is 0 Å². The number of aliphatic hydroxyl groups is 2. The van der Waals surface area contributed by atoms with Crippen LogP contribution in [0.4, 0.5) is 0 Å². The van der Waals surface area contributed by atoms with Gasteiger partial charge in [0.2, 0.25) is 0 Å². The molecular formula is C29H43NO7. The summed E-state index contributed by atoms with van der Waals surface area (Å²) in [4.78, 5) is 25.6. The Labute approximate surface area is 219 Å². The molecule has 9 aliphatic rings. The van der Waals surface area contributed by atoms with Crippen LogP contribution in [0.5, 0.6) is 0 Å². The van der Waals surface area contributed by atoms with Gasteiger partial charge < -0.3 is 25.2 Å². The fourth-order valence-corrected chi connectivity index (χ4v) is 12.4. The number of rotatable bonds is 5. The first kappa shape index (κ1) is 25.8. The summed E-state index contributed by atoms with van der Waals surface area (Å²) in [6.45, 7) is 12.3. The highest BCUT2D eigenvalue weighted by molar-refractivity contribution is 5.72. The van der Waals surface area contributed by atoms with Crippen molar-refractivity contribution >= 4 is 11.9 Å². The van der Waals surface area contributed by atoms with Crippen molar-refractivity contribution in [1.29, 1.82) is 0 Å². The van der Waals surface area contributed by atoms with Crippen molar-refractivity contribution in [3.8, 4) is 0 Å². The Morgan fingerprint density at radius 2 is 1.86 bits per heavy atom. The summed E-state index contributed by atoms with van der Waals surface area (Å²) in [5.74, 6) is -0.435. The van der Waals surface area contributed by atoms with E-state index in [4.69, 9.17) is 9.47 Å². The number of piperidine rings is 2. The maximum Gasteiger partial charge on any atom is 0.308 e. The number of quaternary nitrogens is 1. The lowest BCUT2D eigenvalue weighted by molar-refractivity contribution is -0.993. The van der Waals surface area contributed by atoms with Crippen molar-refractivity contribution in [2.24, 2.45) is 45.8 Å². The highest BCUT2D eigenvalue weighted by Gasteiger charge is 2.97. The smallest absolute Gasteiger partial charge is 0.308 e. The predicted octanol–water partition coefficient (Wildman–Crippen LogP) is 2.61. The van der Waals surface area contributed by atoms with Gasteiger partial charge in [-0.3, -0.25) is 14.1 Å². The van der Waals surface area contributed by atoms with E-state index in [1.807, 2.05) is 20.8 Å². The molecule has 9 bridgehead atoms. The van der Waals surface area contributed by atoms with Crippen molar-refractivity contribution in [3.63, 3.8) is 0 Å². The van der Waals surface area contributed by atoms with Crippen molar-refractivity contribution in [3.05, 3.63) is 12.2 Å². The van der Waals surface area contributed by atoms with E-state index >= 15 is 0 Å². The highest BCUT2D eigenvalue weighted by Crippen LogP contribution is 2.89. The average molecular weight is 518 g/mol. The number of ether oxygens (including phenoxy) is 2. The van der Waals surface area contributed by atoms with Gasteiger partial charge in [0, 0.05) is 36.0 Å². The average Bonchev–Trinajstić information content (AvgIpc) is 3.14. The molecule has 206 valence electrons. The largest absolute Gasteiger partial charge is 0.870 e. The van der Waals surface area contributed by atoms with Crippen molar-refractivity contribution in [2.45, 2.75) is 103 Å². The van der Waals surface area contributed by atoms with Gasteiger partial charge in [0.15, 0.2) is 6.23 Å². The molecule has 2 spiro atoms. The minimum Gasteiger partial charge on any atom is -0.870 e. The zero-order chi connectivity index (χ0) is 25.7. The molecule has 8 nitrogen and oxygen atoms in total. The van der Waals surface area contributed by atoms with E-state index in [2.05, 4.69) is 20.6 Å². The number of aliphatic hydroxyl groups excluding tert-OH is 2. The minimum atomic E-state index is -0.627. The van der Waals surface area contributed by atoms with Crippen molar-refractivity contribution < 1.29 is 39.2 Å². The van der Waals surface area contributed by atoms with Crippen LogP contribution in [0.25, 0.3) is 0 Å². The van der Waals surface area contributed by atoms with Gasteiger partial charge in [0.25, 0.3) is 0 Å². The molecule has 6 saturated carbocycles. The third kappa shape index (κ3) is 2.43. The SMILES string of the molecule is C=C1C[C@@]23C[C@H]4[C@@H]5[C@@]6(C)C[C@H](OC(=O)CC)C[C@@]57[C@@H]2[C@H](O)[C@@H]1[C@H](OC(=O)[C@@H](C)CC)C3[C@H]7[N+]4(C)[C@H]6O.[OH-]. The number of carbonyl (C=O) groups is 2. The second-order valence-corrected chi connectivity index (χ2v) is 14.1. The molecule has 6 aliphatic carbocycles. The van der Waals surface area contributed by atoms with Gasteiger partial charge in [-0.25, -0.2) is 0 Å². The Hall–Kier alpha value is -1.48. The quantitative estimate of drug-likeness (QED) is 0.326. The van der Waals surface area contributed by atoms with E-state index in [-0.39, 0.29) is 75.4 Å². The van der Waals surface area contributed by atoms with Gasteiger partial charge in [-0.1, -0.05) is 39.8 Å². The Balaban J connectivity index is 0.00000252. The van der Waals surface area contributed by atoms with Gasteiger partial charge in [0.1, 0.15) is 18.2 Å². The zero-order valence-corrected chi connectivity index (χ0v) is 22.7. The summed E-state index contributed by atoms with van der Waals surface area (Å²) in [6, 6.07) is 0.394. The van der Waals surface area contributed by atoms with Crippen LogP contribution in [0.1, 0.15) is 66.2 Å². The Kier molecular flexibility index (Phi) is 5.14. The highest BCUT2D eigenvalue weighted by atomic mass is 16.6. The third-order valence-corrected chi connectivity index (χ3v) is 13.0. The van der Waals surface area contributed by atoms with Gasteiger partial charge in [-0.15, -0.1) is 0 Å². The lowest BCUT2D eigenvalue weighted by atomic mass is 9.39. The third-order valence-electron chi connectivity index (χ3n) is 13.0. The standard InChI is InChI=1S/C29H42NO6.H2O/c1-7-13(3)25(33)36-21-18-14(4)9-28-12-16-22-27(5)10-15(35-17(31)8-2)11-29(22,23(28)20(18)32)24(19(21)28)30(16,6)26(27)34;/h13,15-16,18-24,26,32,34H,4,7-12H2,1-3,5-6H3;1H2/q+1;/p-1/t13-,15-,16-,18+,19?,20+,21-,22+,23+,24+,26-,27+,28-,29-,30?;/m0./s1. The number of hydrogen-bond acceptors (Lipinski definition) is 7. The van der Waals surface area contributed by atoms with Crippen LogP contribution in [-0.4, -0.2) is 75.8 Å². The number of esters is 2. The van der Waals surface area contributed by atoms with E-state index in [1.54, 1.807) is 0 Å². The van der Waals surface area contributed by atoms with E-state index < -0.39 is 18.4 Å². The molecule has 8 heteroatoms. The molecule has 37 heavy (non-hydrogen) atoms. The molecule has 2 unspecified atom stereocenters. The van der Waals surface area contributed by atoms with Crippen LogP contribution in [0.2, 0.25) is 0 Å². The van der Waals surface area contributed by atoms with Crippen LogP contribution in [0.15, 0.2) is 12.2 Å². The van der Waals surface area contributed by atoms with E-state index in [0.29, 0.717) is 29.8 Å². The molecule has 3 saturated heterocycles. The van der Waals surface area contributed by atoms with Crippen LogP contribution in [0.3, 0.4) is 0 Å². The maximum absolute atomic E-state index is 13.1. The summed E-state index contributed by atoms with van der Waals surface area (Å²) in [5, 5.41) is 24.2. The molecule has 0 amide bonds. The normalized spacial score (nSPS) is 57.8. The zero-order valence-electron chi connectivity index (χ0n) is 22.7. The van der Waals surface area contributed by atoms with Gasteiger partial charge in [-0.2, -0.15) is 0 Å². The minimum absolute atomic E-state index is 0. The van der Waals surface area contributed by atoms with Gasteiger partial charge >= 0.3 is 11.9 Å². The summed E-state index contributed by atoms with van der Waals surface area (Å²) < 4.78 is 13.0. The lowest BCUT2D eigenvalue weighted by Gasteiger charge is -2.64. The number of nitrogens with zero attached hydrogens (tertiary/aromatic N) is 1. The molecule has 15 atom stereocenters. The van der Waals surface area contributed by atoms with Crippen molar-refractivity contribution in [1.82, 2.24) is 0 Å². The summed E-state index contributed by atoms with van der Waals surface area (Å²) >= 11 is 0. The first-order chi connectivity index (χ1) is 16.9. The second kappa shape index (κ2) is 7.38. The first-order valence-electron chi connectivity index (χ1n) is 14.2. The molecule has 9 fully saturated rings. The fourth-order valence-electron chi connectivity index (χ4n) is 12.4. The summed E-state index contributed by atoms with van der Waals surface area (Å²) in [7, 11) is 2.23. The Bertz CT molecular complexity index is 1080. The molecule has 0 aromatic carbocycles. The van der Waals surface area contributed by atoms with Crippen LogP contribution in [-0.2, 0) is 19.1 Å². The lowest BCUT2D eigenvalue weighted by Crippen LogP contribution is -2.72. The summed E-state index contributed by atoms with van der Waals surface area (Å²) in [5.41, 5.74) is 0.249. The topological polar surface area (TPSA) is 123 Å². The van der Waals surface area contributed by atoms with E-state index in [9.17, 15) is 19.8 Å². The second-order valence-electron chi connectivity index (χ2n) is 14.1. The van der Waals surface area contributed by atoms with Crippen molar-refractivity contribution in [2.75, 3.05) is 7.05 Å². The number of carbonyl (C=O) groups excluding carboxylic acids is 2. The van der Waals surface area contributed by atoms with Crippen LogP contribution in [0, 0.1) is 45.8 Å². The summed E-state index contributed by atoms with van der Waals surface area (Å²) in [6.07, 6.45) is 2.42. The maximum atomic E-state index is 13.1. The molecule has 0 aromatic rings. The van der Waals surface area contributed by atoms with Gasteiger partial charge in [0.05, 0.1) is 36.4 Å². The molecular weight excluding hydrogens is 474 g/mol. The molecule has 3 N–H and O–H groups in total. The Morgan fingerprint density at radius 3 is 2.51 bits per heavy atom. The Morgan fingerprint density at radius 1 is 1.16 bits per heavy atom. The van der Waals surface area contributed by atoms with Gasteiger partial charge in [-0.05, 0) is 31.1 Å². The predicted molar refractivity (Wildman–Crippen MR) is 132 cm³/mol. The molecule has 3 heterocycles. The molecule has 3 aliphatic heterocycles. The fraction of sp³-hybridized carbons (Fsp3) is 0.862. The number of hydrogen-bond donors (Lipinski definition) is 2.